The molecule has 0 saturated carbocycles. The van der Waals surface area contributed by atoms with Crippen molar-refractivity contribution < 1.29 is 0 Å². The number of rotatable bonds is 6. The molecule has 3 aromatic heterocycles. The van der Waals surface area contributed by atoms with Gasteiger partial charge in [0.1, 0.15) is 11.6 Å². The summed E-state index contributed by atoms with van der Waals surface area (Å²) in [4.78, 5) is 21.0. The molecule has 3 heterocycles. The number of imidazole rings is 2. The van der Waals surface area contributed by atoms with Crippen LogP contribution in [0.5, 0.6) is 0 Å². The fourth-order valence-corrected chi connectivity index (χ4v) is 3.20. The van der Waals surface area contributed by atoms with Crippen LogP contribution in [0.4, 0.5) is 17.5 Å². The molecule has 0 bridgehead atoms. The molecular formula is C22H20N8. The van der Waals surface area contributed by atoms with Gasteiger partial charge in [-0.25, -0.2) is 15.0 Å². The van der Waals surface area contributed by atoms with Gasteiger partial charge in [0.2, 0.25) is 5.95 Å². The van der Waals surface area contributed by atoms with Crippen molar-refractivity contribution in [1.29, 1.82) is 0 Å². The Kier molecular flexibility index (Phi) is 4.57. The molecule has 2 aromatic carbocycles. The van der Waals surface area contributed by atoms with Gasteiger partial charge in [-0.1, -0.05) is 12.1 Å². The molecule has 5 aromatic rings. The summed E-state index contributed by atoms with van der Waals surface area (Å²) >= 11 is 0. The van der Waals surface area contributed by atoms with E-state index in [1.54, 1.807) is 18.7 Å². The highest BCUT2D eigenvalue weighted by molar-refractivity contribution is 5.74. The third-order valence-corrected chi connectivity index (χ3v) is 4.76. The average Bonchev–Trinajstić information content (AvgIpc) is 3.44. The summed E-state index contributed by atoms with van der Waals surface area (Å²) < 4.78 is 1.95. The summed E-state index contributed by atoms with van der Waals surface area (Å²) in [6.45, 7) is 2.52. The number of aryl methyl sites for hydroxylation is 1. The Morgan fingerprint density at radius 2 is 1.90 bits per heavy atom. The molecule has 0 saturated heterocycles. The van der Waals surface area contributed by atoms with Crippen LogP contribution in [0.25, 0.3) is 16.7 Å². The minimum absolute atomic E-state index is 0.531. The number of fused-ring (bicyclic) bond motifs is 1. The molecule has 0 atom stereocenters. The van der Waals surface area contributed by atoms with E-state index in [1.807, 2.05) is 66.2 Å². The monoisotopic (exact) mass is 396 g/mol. The number of hydrogen-bond acceptors (Lipinski definition) is 6. The Balaban J connectivity index is 1.29. The molecule has 0 amide bonds. The van der Waals surface area contributed by atoms with Crippen LogP contribution in [-0.2, 0) is 6.54 Å². The quantitative estimate of drug-likeness (QED) is 0.398. The van der Waals surface area contributed by atoms with Gasteiger partial charge in [0.25, 0.3) is 0 Å². The van der Waals surface area contributed by atoms with Gasteiger partial charge in [-0.15, -0.1) is 0 Å². The van der Waals surface area contributed by atoms with E-state index in [-0.39, 0.29) is 0 Å². The molecule has 0 aliphatic rings. The van der Waals surface area contributed by atoms with E-state index in [0.29, 0.717) is 12.5 Å². The van der Waals surface area contributed by atoms with Crippen LogP contribution in [0.3, 0.4) is 0 Å². The minimum atomic E-state index is 0.531. The fourth-order valence-electron chi connectivity index (χ4n) is 3.20. The van der Waals surface area contributed by atoms with Crippen LogP contribution in [0, 0.1) is 6.92 Å². The van der Waals surface area contributed by atoms with Gasteiger partial charge in [0, 0.05) is 35.5 Å². The van der Waals surface area contributed by atoms with Crippen molar-refractivity contribution in [2.75, 3.05) is 10.6 Å². The average molecular weight is 396 g/mol. The predicted octanol–water partition coefficient (Wildman–Crippen LogP) is 4.20. The van der Waals surface area contributed by atoms with Gasteiger partial charge in [-0.2, -0.15) is 4.98 Å². The van der Waals surface area contributed by atoms with E-state index in [2.05, 4.69) is 35.6 Å². The first-order valence-corrected chi connectivity index (χ1v) is 9.61. The lowest BCUT2D eigenvalue weighted by atomic mass is 10.3. The van der Waals surface area contributed by atoms with Crippen molar-refractivity contribution in [3.63, 3.8) is 0 Å². The summed E-state index contributed by atoms with van der Waals surface area (Å²) in [6, 6.07) is 16.0. The number of benzene rings is 2. The van der Waals surface area contributed by atoms with Gasteiger partial charge in [0.15, 0.2) is 0 Å². The third-order valence-electron chi connectivity index (χ3n) is 4.76. The predicted molar refractivity (Wildman–Crippen MR) is 117 cm³/mol. The molecule has 8 nitrogen and oxygen atoms in total. The largest absolute Gasteiger partial charge is 0.362 e. The van der Waals surface area contributed by atoms with E-state index in [9.17, 15) is 0 Å². The van der Waals surface area contributed by atoms with Crippen LogP contribution in [0.1, 0.15) is 11.4 Å². The van der Waals surface area contributed by atoms with Gasteiger partial charge in [0.05, 0.1) is 23.9 Å². The molecule has 0 fully saturated rings. The van der Waals surface area contributed by atoms with Crippen molar-refractivity contribution >= 4 is 28.5 Å². The highest BCUT2D eigenvalue weighted by Gasteiger charge is 2.07. The summed E-state index contributed by atoms with van der Waals surface area (Å²) in [6.07, 6.45) is 7.24. The number of nitrogens with zero attached hydrogens (tertiary/aromatic N) is 5. The van der Waals surface area contributed by atoms with Crippen LogP contribution in [0.2, 0.25) is 0 Å². The number of anilines is 3. The lowest BCUT2D eigenvalue weighted by Gasteiger charge is -2.11. The van der Waals surface area contributed by atoms with Crippen molar-refractivity contribution in [3.8, 4) is 5.69 Å². The lowest BCUT2D eigenvalue weighted by Crippen LogP contribution is -2.07. The Morgan fingerprint density at radius 1 is 1.03 bits per heavy atom. The first kappa shape index (κ1) is 17.9. The van der Waals surface area contributed by atoms with Gasteiger partial charge >= 0.3 is 0 Å². The summed E-state index contributed by atoms with van der Waals surface area (Å²) in [7, 11) is 0. The van der Waals surface area contributed by atoms with E-state index < -0.39 is 0 Å². The van der Waals surface area contributed by atoms with E-state index in [4.69, 9.17) is 0 Å². The van der Waals surface area contributed by atoms with E-state index in [0.717, 1.165) is 39.6 Å². The standard InChI is InChI=1S/C22H20N8/c1-15-12-25-22(26-16-6-8-17(9-7-16)30-11-10-23-14-30)29-21(15)24-13-20-27-18-4-2-3-5-19(18)28-20/h2-12,14H,13H2,1H3,(H,27,28)(H2,24,25,26,29). The maximum Gasteiger partial charge on any atom is 0.229 e. The maximum absolute atomic E-state index is 4.62. The molecular weight excluding hydrogens is 376 g/mol. The number of para-hydroxylation sites is 2. The first-order valence-electron chi connectivity index (χ1n) is 9.61. The Hall–Kier alpha value is -4.20. The number of aromatic amines is 1. The van der Waals surface area contributed by atoms with Crippen molar-refractivity contribution in [2.45, 2.75) is 13.5 Å². The second kappa shape index (κ2) is 7.67. The van der Waals surface area contributed by atoms with Gasteiger partial charge < -0.3 is 20.2 Å². The smallest absolute Gasteiger partial charge is 0.229 e. The summed E-state index contributed by atoms with van der Waals surface area (Å²) in [5, 5.41) is 6.60. The fraction of sp³-hybridized carbons (Fsp3) is 0.0909. The highest BCUT2D eigenvalue weighted by atomic mass is 15.1. The molecule has 0 unspecified atom stereocenters. The van der Waals surface area contributed by atoms with Crippen LogP contribution >= 0.6 is 0 Å². The number of nitrogens with one attached hydrogen (secondary N) is 3. The zero-order valence-electron chi connectivity index (χ0n) is 16.4. The molecule has 5 rings (SSSR count). The molecule has 30 heavy (non-hydrogen) atoms. The van der Waals surface area contributed by atoms with Crippen molar-refractivity contribution in [2.24, 2.45) is 0 Å². The minimum Gasteiger partial charge on any atom is -0.362 e. The second-order valence-corrected chi connectivity index (χ2v) is 6.92. The maximum atomic E-state index is 4.62. The zero-order valence-corrected chi connectivity index (χ0v) is 16.4. The Bertz CT molecular complexity index is 1240. The molecule has 0 aliphatic carbocycles. The van der Waals surface area contributed by atoms with Crippen LogP contribution < -0.4 is 10.6 Å². The first-order chi connectivity index (χ1) is 14.7. The Labute approximate surface area is 173 Å². The Morgan fingerprint density at radius 3 is 2.70 bits per heavy atom. The van der Waals surface area contributed by atoms with Gasteiger partial charge in [-0.05, 0) is 43.3 Å². The molecule has 8 heteroatoms. The van der Waals surface area contributed by atoms with Gasteiger partial charge in [-0.3, -0.25) is 0 Å². The zero-order chi connectivity index (χ0) is 20.3. The number of H-pyrrole nitrogens is 1. The normalized spacial score (nSPS) is 11.0. The highest BCUT2D eigenvalue weighted by Crippen LogP contribution is 2.19. The second-order valence-electron chi connectivity index (χ2n) is 6.92. The van der Waals surface area contributed by atoms with E-state index >= 15 is 0 Å². The summed E-state index contributed by atoms with van der Waals surface area (Å²) in [5.41, 5.74) is 4.89. The van der Waals surface area contributed by atoms with Crippen molar-refractivity contribution in [1.82, 2.24) is 29.5 Å². The van der Waals surface area contributed by atoms with Crippen LogP contribution in [-0.4, -0.2) is 29.5 Å². The van der Waals surface area contributed by atoms with Crippen LogP contribution in [0.15, 0.2) is 73.4 Å². The topological polar surface area (TPSA) is 96.3 Å². The molecule has 0 spiro atoms. The summed E-state index contributed by atoms with van der Waals surface area (Å²) in [5.74, 6) is 2.16. The molecule has 0 aliphatic heterocycles. The lowest BCUT2D eigenvalue weighted by molar-refractivity contribution is 0.985. The SMILES string of the molecule is Cc1cnc(Nc2ccc(-n3ccnc3)cc2)nc1NCc1nc2ccccc2[nH]1. The number of hydrogen-bond donors (Lipinski definition) is 3. The van der Waals surface area contributed by atoms with Crippen molar-refractivity contribution in [3.05, 3.63) is 84.8 Å². The number of aromatic nitrogens is 6. The third kappa shape index (κ3) is 3.70. The van der Waals surface area contributed by atoms with E-state index in [1.165, 1.54) is 0 Å². The molecule has 0 radical (unpaired) electrons. The molecule has 148 valence electrons. The molecule has 3 N–H and O–H groups in total.